The van der Waals surface area contributed by atoms with Crippen molar-refractivity contribution in [2.24, 2.45) is 0 Å². The molecule has 1 aromatic carbocycles. The van der Waals surface area contributed by atoms with E-state index in [0.29, 0.717) is 12.2 Å². The molecular formula is C14H24N2O3S. The number of hydrogen-bond acceptors (Lipinski definition) is 4. The fourth-order valence-corrected chi connectivity index (χ4v) is 3.04. The van der Waals surface area contributed by atoms with Crippen LogP contribution < -0.4 is 10.0 Å². The van der Waals surface area contributed by atoms with Crippen molar-refractivity contribution in [3.8, 4) is 0 Å². The Kier molecular flexibility index (Phi) is 5.56. The summed E-state index contributed by atoms with van der Waals surface area (Å²) in [6, 6.07) is 6.70. The molecule has 2 N–H and O–H groups in total. The van der Waals surface area contributed by atoms with Gasteiger partial charge < -0.3 is 10.1 Å². The van der Waals surface area contributed by atoms with Gasteiger partial charge in [0.15, 0.2) is 0 Å². The van der Waals surface area contributed by atoms with Crippen molar-refractivity contribution in [3.05, 3.63) is 24.3 Å². The van der Waals surface area contributed by atoms with Gasteiger partial charge in [0, 0.05) is 19.7 Å². The van der Waals surface area contributed by atoms with Gasteiger partial charge in [0.1, 0.15) is 4.90 Å². The minimum Gasteiger partial charge on any atom is -0.381 e. The van der Waals surface area contributed by atoms with E-state index < -0.39 is 10.0 Å². The minimum absolute atomic E-state index is 0.150. The second-order valence-electron chi connectivity index (χ2n) is 5.59. The first-order valence-electron chi connectivity index (χ1n) is 6.58. The third-order valence-electron chi connectivity index (χ3n) is 2.82. The highest BCUT2D eigenvalue weighted by molar-refractivity contribution is 7.89. The first-order valence-corrected chi connectivity index (χ1v) is 8.06. The van der Waals surface area contributed by atoms with Gasteiger partial charge in [0.2, 0.25) is 10.0 Å². The molecule has 0 fully saturated rings. The topological polar surface area (TPSA) is 67.4 Å². The summed E-state index contributed by atoms with van der Waals surface area (Å²) < 4.78 is 32.5. The van der Waals surface area contributed by atoms with E-state index in [-0.39, 0.29) is 16.5 Å². The molecule has 0 bridgehead atoms. The van der Waals surface area contributed by atoms with Crippen LogP contribution in [-0.2, 0) is 14.8 Å². The van der Waals surface area contributed by atoms with E-state index in [2.05, 4.69) is 10.0 Å². The number of rotatable bonds is 7. The fraction of sp³-hybridized carbons (Fsp3) is 0.571. The third-order valence-corrected chi connectivity index (χ3v) is 4.54. The molecule has 0 aliphatic heterocycles. The lowest BCUT2D eigenvalue weighted by Crippen LogP contribution is -2.34. The number of para-hydroxylation sites is 1. The number of sulfonamides is 1. The van der Waals surface area contributed by atoms with E-state index in [1.165, 1.54) is 0 Å². The van der Waals surface area contributed by atoms with E-state index in [1.54, 1.807) is 45.2 Å². The standard InChI is InChI=1S/C14H24N2O3S/c1-11(2)16-20(17,18)13-9-7-6-8-12(13)15-10-14(3,4)19-5/h6-9,11,15-16H,10H2,1-5H3. The highest BCUT2D eigenvalue weighted by atomic mass is 32.2. The van der Waals surface area contributed by atoms with Gasteiger partial charge in [0.05, 0.1) is 11.3 Å². The Balaban J connectivity index is 3.00. The Morgan fingerprint density at radius 3 is 2.40 bits per heavy atom. The van der Waals surface area contributed by atoms with Gasteiger partial charge in [-0.25, -0.2) is 13.1 Å². The van der Waals surface area contributed by atoms with Crippen LogP contribution in [0.25, 0.3) is 0 Å². The second kappa shape index (κ2) is 6.56. The maximum Gasteiger partial charge on any atom is 0.242 e. The molecule has 0 unspecified atom stereocenters. The first kappa shape index (κ1) is 16.9. The highest BCUT2D eigenvalue weighted by Crippen LogP contribution is 2.22. The van der Waals surface area contributed by atoms with Gasteiger partial charge in [0.25, 0.3) is 0 Å². The van der Waals surface area contributed by atoms with Crippen LogP contribution in [0.5, 0.6) is 0 Å². The van der Waals surface area contributed by atoms with Gasteiger partial charge >= 0.3 is 0 Å². The Morgan fingerprint density at radius 2 is 1.85 bits per heavy atom. The average Bonchev–Trinajstić information content (AvgIpc) is 2.35. The summed E-state index contributed by atoms with van der Waals surface area (Å²) in [6.45, 7) is 7.97. The zero-order chi connectivity index (χ0) is 15.4. The van der Waals surface area contributed by atoms with Crippen LogP contribution in [0.15, 0.2) is 29.2 Å². The molecule has 0 aliphatic carbocycles. The number of hydrogen-bond donors (Lipinski definition) is 2. The van der Waals surface area contributed by atoms with E-state index in [4.69, 9.17) is 4.74 Å². The van der Waals surface area contributed by atoms with Crippen LogP contribution in [0, 0.1) is 0 Å². The molecule has 1 aromatic rings. The van der Waals surface area contributed by atoms with E-state index >= 15 is 0 Å². The van der Waals surface area contributed by atoms with Crippen molar-refractivity contribution in [1.29, 1.82) is 0 Å². The Bertz CT molecular complexity index is 539. The number of nitrogens with one attached hydrogen (secondary N) is 2. The molecular weight excluding hydrogens is 276 g/mol. The van der Waals surface area contributed by atoms with Crippen molar-refractivity contribution < 1.29 is 13.2 Å². The molecule has 0 atom stereocenters. The number of benzene rings is 1. The number of anilines is 1. The average molecular weight is 300 g/mol. The monoisotopic (exact) mass is 300 g/mol. The largest absolute Gasteiger partial charge is 0.381 e. The Morgan fingerprint density at radius 1 is 1.25 bits per heavy atom. The van der Waals surface area contributed by atoms with Crippen LogP contribution in [0.4, 0.5) is 5.69 Å². The lowest BCUT2D eigenvalue weighted by atomic mass is 10.1. The van der Waals surface area contributed by atoms with Crippen LogP contribution in [-0.4, -0.2) is 33.7 Å². The minimum atomic E-state index is -3.52. The van der Waals surface area contributed by atoms with E-state index in [9.17, 15) is 8.42 Å². The molecule has 0 spiro atoms. The van der Waals surface area contributed by atoms with Crippen LogP contribution in [0.2, 0.25) is 0 Å². The predicted molar refractivity (Wildman–Crippen MR) is 81.5 cm³/mol. The number of ether oxygens (including phenoxy) is 1. The normalized spacial score (nSPS) is 12.7. The Labute approximate surface area is 121 Å². The summed E-state index contributed by atoms with van der Waals surface area (Å²) in [5.41, 5.74) is 0.202. The summed E-state index contributed by atoms with van der Waals surface area (Å²) in [7, 11) is -1.89. The van der Waals surface area contributed by atoms with Gasteiger partial charge in [-0.3, -0.25) is 0 Å². The summed E-state index contributed by atoms with van der Waals surface area (Å²) in [6.07, 6.45) is 0. The quantitative estimate of drug-likeness (QED) is 0.810. The molecule has 20 heavy (non-hydrogen) atoms. The smallest absolute Gasteiger partial charge is 0.242 e. The summed E-state index contributed by atoms with van der Waals surface area (Å²) >= 11 is 0. The SMILES string of the molecule is COC(C)(C)CNc1ccccc1S(=O)(=O)NC(C)C. The zero-order valence-electron chi connectivity index (χ0n) is 12.7. The van der Waals surface area contributed by atoms with Crippen molar-refractivity contribution in [3.63, 3.8) is 0 Å². The van der Waals surface area contributed by atoms with Gasteiger partial charge in [-0.15, -0.1) is 0 Å². The van der Waals surface area contributed by atoms with Crippen LogP contribution >= 0.6 is 0 Å². The van der Waals surface area contributed by atoms with Crippen LogP contribution in [0.1, 0.15) is 27.7 Å². The summed E-state index contributed by atoms with van der Waals surface area (Å²) in [4.78, 5) is 0.251. The molecule has 0 heterocycles. The van der Waals surface area contributed by atoms with Gasteiger partial charge in [-0.05, 0) is 39.8 Å². The first-order chi connectivity index (χ1) is 9.18. The lowest BCUT2D eigenvalue weighted by molar-refractivity contribution is 0.0343. The molecule has 1 rings (SSSR count). The van der Waals surface area contributed by atoms with Gasteiger partial charge in [-0.2, -0.15) is 0 Å². The van der Waals surface area contributed by atoms with Crippen LogP contribution in [0.3, 0.4) is 0 Å². The number of methoxy groups -OCH3 is 1. The molecule has 5 nitrogen and oxygen atoms in total. The maximum atomic E-state index is 12.3. The molecule has 0 saturated carbocycles. The molecule has 0 aromatic heterocycles. The molecule has 6 heteroatoms. The summed E-state index contributed by atoms with van der Waals surface area (Å²) in [5, 5.41) is 3.14. The third kappa shape index (κ3) is 4.77. The van der Waals surface area contributed by atoms with E-state index in [0.717, 1.165) is 0 Å². The maximum absolute atomic E-state index is 12.3. The zero-order valence-corrected chi connectivity index (χ0v) is 13.5. The lowest BCUT2D eigenvalue weighted by Gasteiger charge is -2.24. The molecule has 0 radical (unpaired) electrons. The highest BCUT2D eigenvalue weighted by Gasteiger charge is 2.21. The van der Waals surface area contributed by atoms with Gasteiger partial charge in [-0.1, -0.05) is 12.1 Å². The second-order valence-corrected chi connectivity index (χ2v) is 7.27. The molecule has 114 valence electrons. The van der Waals surface area contributed by atoms with Crippen molar-refractivity contribution in [2.75, 3.05) is 19.0 Å². The molecule has 0 aliphatic rings. The van der Waals surface area contributed by atoms with E-state index in [1.807, 2.05) is 13.8 Å². The Hall–Kier alpha value is -1.11. The van der Waals surface area contributed by atoms with Crippen molar-refractivity contribution in [2.45, 2.75) is 44.2 Å². The summed E-state index contributed by atoms with van der Waals surface area (Å²) in [5.74, 6) is 0. The predicted octanol–water partition coefficient (Wildman–Crippen LogP) is 2.21. The molecule has 0 saturated heterocycles. The van der Waals surface area contributed by atoms with Crippen molar-refractivity contribution in [1.82, 2.24) is 4.72 Å². The molecule has 0 amide bonds. The van der Waals surface area contributed by atoms with Crippen molar-refractivity contribution >= 4 is 15.7 Å². The fourth-order valence-electron chi connectivity index (χ4n) is 1.60.